The fourth-order valence-electron chi connectivity index (χ4n) is 3.27. The van der Waals surface area contributed by atoms with E-state index < -0.39 is 10.0 Å². The number of hydrogen-bond acceptors (Lipinski definition) is 3. The molecule has 2 unspecified atom stereocenters. The van der Waals surface area contributed by atoms with Gasteiger partial charge in [0.1, 0.15) is 0 Å². The van der Waals surface area contributed by atoms with Crippen LogP contribution in [-0.2, 0) is 10.0 Å². The number of carbonyl (C=O) groups excluding carboxylic acids is 1. The molecule has 0 spiro atoms. The van der Waals surface area contributed by atoms with E-state index in [9.17, 15) is 13.2 Å². The Bertz CT molecular complexity index is 662. The molecule has 126 valence electrons. The molecule has 23 heavy (non-hydrogen) atoms. The SMILES string of the molecule is CS(=O)(=O)N1CCCC(NC(=O)N2CCC2c2ccccc2)C1. The number of likely N-dealkylation sites (tertiary alicyclic amines) is 1. The highest BCUT2D eigenvalue weighted by molar-refractivity contribution is 7.88. The van der Waals surface area contributed by atoms with E-state index >= 15 is 0 Å². The number of carbonyl (C=O) groups is 1. The number of piperidine rings is 1. The molecule has 2 atom stereocenters. The molecule has 2 aliphatic rings. The molecule has 2 aliphatic heterocycles. The zero-order valence-electron chi connectivity index (χ0n) is 13.3. The average molecular weight is 337 g/mol. The predicted molar refractivity (Wildman–Crippen MR) is 88.5 cm³/mol. The lowest BCUT2D eigenvalue weighted by atomic mass is 9.95. The second kappa shape index (κ2) is 6.49. The Kier molecular flexibility index (Phi) is 4.59. The van der Waals surface area contributed by atoms with E-state index in [0.717, 1.165) is 31.4 Å². The summed E-state index contributed by atoms with van der Waals surface area (Å²) in [7, 11) is -3.19. The number of hydrogen-bond donors (Lipinski definition) is 1. The molecule has 0 saturated carbocycles. The summed E-state index contributed by atoms with van der Waals surface area (Å²) in [5.41, 5.74) is 1.15. The summed E-state index contributed by atoms with van der Waals surface area (Å²) in [4.78, 5) is 14.3. The predicted octanol–water partition coefficient (Wildman–Crippen LogP) is 1.57. The summed E-state index contributed by atoms with van der Waals surface area (Å²) in [5.74, 6) is 0. The molecule has 2 amide bonds. The average Bonchev–Trinajstić information content (AvgIpc) is 2.46. The summed E-state index contributed by atoms with van der Waals surface area (Å²) in [6, 6.07) is 9.93. The Morgan fingerprint density at radius 3 is 2.52 bits per heavy atom. The molecule has 1 aromatic rings. The second-order valence-corrected chi connectivity index (χ2v) is 8.30. The number of nitrogens with zero attached hydrogens (tertiary/aromatic N) is 2. The molecule has 0 aliphatic carbocycles. The lowest BCUT2D eigenvalue weighted by molar-refractivity contribution is 0.110. The molecule has 0 aromatic heterocycles. The van der Waals surface area contributed by atoms with Crippen molar-refractivity contribution in [3.63, 3.8) is 0 Å². The van der Waals surface area contributed by atoms with Crippen LogP contribution in [0.4, 0.5) is 4.79 Å². The van der Waals surface area contributed by atoms with Crippen molar-refractivity contribution in [2.75, 3.05) is 25.9 Å². The first-order valence-electron chi connectivity index (χ1n) is 8.02. The molecule has 0 bridgehead atoms. The van der Waals surface area contributed by atoms with Crippen molar-refractivity contribution in [1.82, 2.24) is 14.5 Å². The van der Waals surface area contributed by atoms with Crippen molar-refractivity contribution in [3.8, 4) is 0 Å². The third kappa shape index (κ3) is 3.67. The van der Waals surface area contributed by atoms with Crippen molar-refractivity contribution in [2.45, 2.75) is 31.3 Å². The molecular weight excluding hydrogens is 314 g/mol. The molecular formula is C16H23N3O3S. The summed E-state index contributed by atoms with van der Waals surface area (Å²) < 4.78 is 24.8. The van der Waals surface area contributed by atoms with Crippen LogP contribution >= 0.6 is 0 Å². The normalized spacial score (nSPS) is 25.7. The van der Waals surface area contributed by atoms with Crippen LogP contribution in [0.25, 0.3) is 0 Å². The van der Waals surface area contributed by atoms with E-state index in [-0.39, 0.29) is 18.1 Å². The number of sulfonamides is 1. The van der Waals surface area contributed by atoms with Crippen molar-refractivity contribution in [3.05, 3.63) is 35.9 Å². The smallest absolute Gasteiger partial charge is 0.318 e. The van der Waals surface area contributed by atoms with Gasteiger partial charge in [-0.15, -0.1) is 0 Å². The van der Waals surface area contributed by atoms with Crippen LogP contribution < -0.4 is 5.32 Å². The molecule has 1 aromatic carbocycles. The topological polar surface area (TPSA) is 69.7 Å². The maximum absolute atomic E-state index is 12.5. The van der Waals surface area contributed by atoms with E-state index in [1.54, 1.807) is 0 Å². The van der Waals surface area contributed by atoms with E-state index in [0.29, 0.717) is 13.1 Å². The molecule has 7 heteroatoms. The fourth-order valence-corrected chi connectivity index (χ4v) is 4.18. The summed E-state index contributed by atoms with van der Waals surface area (Å²) in [5, 5.41) is 3.00. The minimum atomic E-state index is -3.19. The molecule has 1 N–H and O–H groups in total. The van der Waals surface area contributed by atoms with Crippen LogP contribution in [0.5, 0.6) is 0 Å². The zero-order chi connectivity index (χ0) is 16.4. The van der Waals surface area contributed by atoms with Gasteiger partial charge in [0.25, 0.3) is 0 Å². The second-order valence-electron chi connectivity index (χ2n) is 6.32. The first-order valence-corrected chi connectivity index (χ1v) is 9.87. The van der Waals surface area contributed by atoms with Gasteiger partial charge in [0.15, 0.2) is 0 Å². The number of nitrogens with one attached hydrogen (secondary N) is 1. The van der Waals surface area contributed by atoms with Gasteiger partial charge in [-0.05, 0) is 24.8 Å². The number of benzene rings is 1. The Morgan fingerprint density at radius 2 is 1.91 bits per heavy atom. The quantitative estimate of drug-likeness (QED) is 0.910. The van der Waals surface area contributed by atoms with Gasteiger partial charge in [-0.25, -0.2) is 17.5 Å². The highest BCUT2D eigenvalue weighted by Gasteiger charge is 2.35. The molecule has 2 heterocycles. The van der Waals surface area contributed by atoms with Gasteiger partial charge < -0.3 is 10.2 Å². The van der Waals surface area contributed by atoms with Gasteiger partial charge in [0, 0.05) is 25.7 Å². The minimum absolute atomic E-state index is 0.0922. The molecule has 0 radical (unpaired) electrons. The third-order valence-corrected chi connectivity index (χ3v) is 5.92. The van der Waals surface area contributed by atoms with Gasteiger partial charge in [0.05, 0.1) is 12.3 Å². The van der Waals surface area contributed by atoms with Crippen LogP contribution in [0.3, 0.4) is 0 Å². The van der Waals surface area contributed by atoms with Gasteiger partial charge in [-0.1, -0.05) is 30.3 Å². The van der Waals surface area contributed by atoms with Gasteiger partial charge in [-0.3, -0.25) is 0 Å². The van der Waals surface area contributed by atoms with Gasteiger partial charge >= 0.3 is 6.03 Å². The molecule has 3 rings (SSSR count). The minimum Gasteiger partial charge on any atom is -0.334 e. The van der Waals surface area contributed by atoms with Crippen molar-refractivity contribution < 1.29 is 13.2 Å². The van der Waals surface area contributed by atoms with Crippen LogP contribution in [0.15, 0.2) is 30.3 Å². The largest absolute Gasteiger partial charge is 0.334 e. The van der Waals surface area contributed by atoms with Crippen molar-refractivity contribution >= 4 is 16.1 Å². The van der Waals surface area contributed by atoms with Crippen LogP contribution in [-0.4, -0.2) is 55.6 Å². The van der Waals surface area contributed by atoms with Crippen LogP contribution in [0, 0.1) is 0 Å². The Morgan fingerprint density at radius 1 is 1.17 bits per heavy atom. The summed E-state index contributed by atoms with van der Waals surface area (Å²) in [6.45, 7) is 1.66. The highest BCUT2D eigenvalue weighted by Crippen LogP contribution is 2.33. The number of urea groups is 1. The first kappa shape index (κ1) is 16.3. The van der Waals surface area contributed by atoms with E-state index in [1.807, 2.05) is 35.2 Å². The fraction of sp³-hybridized carbons (Fsp3) is 0.562. The van der Waals surface area contributed by atoms with E-state index in [1.165, 1.54) is 10.6 Å². The van der Waals surface area contributed by atoms with E-state index in [4.69, 9.17) is 0 Å². The standard InChI is InChI=1S/C16H23N3O3S/c1-23(21,22)18-10-5-8-14(12-18)17-16(20)19-11-9-15(19)13-6-3-2-4-7-13/h2-4,6-7,14-15H,5,8-12H2,1H3,(H,17,20). The van der Waals surface area contributed by atoms with Crippen LogP contribution in [0.1, 0.15) is 30.9 Å². The molecule has 2 fully saturated rings. The molecule has 2 saturated heterocycles. The maximum atomic E-state index is 12.5. The Balaban J connectivity index is 1.59. The number of amides is 2. The van der Waals surface area contributed by atoms with Crippen molar-refractivity contribution in [1.29, 1.82) is 0 Å². The van der Waals surface area contributed by atoms with E-state index in [2.05, 4.69) is 5.32 Å². The number of rotatable bonds is 3. The monoisotopic (exact) mass is 337 g/mol. The molecule has 6 nitrogen and oxygen atoms in total. The summed E-state index contributed by atoms with van der Waals surface area (Å²) in [6.07, 6.45) is 3.79. The lowest BCUT2D eigenvalue weighted by Crippen LogP contribution is -2.56. The van der Waals surface area contributed by atoms with Gasteiger partial charge in [-0.2, -0.15) is 0 Å². The van der Waals surface area contributed by atoms with Gasteiger partial charge in [0.2, 0.25) is 10.0 Å². The van der Waals surface area contributed by atoms with Crippen LogP contribution in [0.2, 0.25) is 0 Å². The Labute approximate surface area is 137 Å². The van der Waals surface area contributed by atoms with Crippen molar-refractivity contribution in [2.24, 2.45) is 0 Å². The maximum Gasteiger partial charge on any atom is 0.318 e. The summed E-state index contributed by atoms with van der Waals surface area (Å²) >= 11 is 0. The Hall–Kier alpha value is -1.60. The first-order chi connectivity index (χ1) is 10.9. The zero-order valence-corrected chi connectivity index (χ0v) is 14.1. The highest BCUT2D eigenvalue weighted by atomic mass is 32.2. The third-order valence-electron chi connectivity index (χ3n) is 4.65. The lowest BCUT2D eigenvalue weighted by Gasteiger charge is -2.42.